The molecular formula is C11H9ClFN3. The Kier molecular flexibility index (Phi) is 3.01. The van der Waals surface area contributed by atoms with Gasteiger partial charge in [0, 0.05) is 0 Å². The molecule has 2 aromatic rings. The first-order chi connectivity index (χ1) is 7.65. The number of hydrogen-bond donors (Lipinski definition) is 1. The molecule has 5 heteroatoms. The van der Waals surface area contributed by atoms with E-state index in [4.69, 9.17) is 11.6 Å². The molecule has 0 spiro atoms. The summed E-state index contributed by atoms with van der Waals surface area (Å²) in [6.07, 6.45) is 0. The van der Waals surface area contributed by atoms with Gasteiger partial charge in [-0.25, -0.2) is 4.39 Å². The van der Waals surface area contributed by atoms with Gasteiger partial charge in [0.25, 0.3) is 0 Å². The second-order valence-corrected chi connectivity index (χ2v) is 3.74. The van der Waals surface area contributed by atoms with Crippen molar-refractivity contribution in [1.82, 2.24) is 10.2 Å². The van der Waals surface area contributed by atoms with Crippen LogP contribution in [-0.4, -0.2) is 10.2 Å². The lowest BCUT2D eigenvalue weighted by Gasteiger charge is -2.06. The summed E-state index contributed by atoms with van der Waals surface area (Å²) in [6, 6.07) is 8.03. The molecule has 0 unspecified atom stereocenters. The maximum atomic E-state index is 13.4. The lowest BCUT2D eigenvalue weighted by atomic mass is 10.2. The zero-order valence-corrected chi connectivity index (χ0v) is 9.29. The van der Waals surface area contributed by atoms with E-state index in [-0.39, 0.29) is 5.82 Å². The zero-order chi connectivity index (χ0) is 11.5. The molecule has 0 fully saturated rings. The van der Waals surface area contributed by atoms with E-state index in [1.165, 1.54) is 6.07 Å². The third-order valence-corrected chi connectivity index (χ3v) is 2.22. The van der Waals surface area contributed by atoms with E-state index in [0.29, 0.717) is 16.7 Å². The third kappa shape index (κ3) is 2.46. The summed E-state index contributed by atoms with van der Waals surface area (Å²) in [5.41, 5.74) is 1.34. The van der Waals surface area contributed by atoms with Crippen LogP contribution in [0.5, 0.6) is 0 Å². The number of nitrogens with zero attached hydrogens (tertiary/aromatic N) is 2. The van der Waals surface area contributed by atoms with E-state index in [0.717, 1.165) is 5.56 Å². The van der Waals surface area contributed by atoms with Crippen LogP contribution in [-0.2, 0) is 0 Å². The highest BCUT2D eigenvalue weighted by Gasteiger charge is 2.03. The number of aryl methyl sites for hydroxylation is 1. The molecule has 1 heterocycles. The lowest BCUT2D eigenvalue weighted by molar-refractivity contribution is 0.631. The van der Waals surface area contributed by atoms with Crippen molar-refractivity contribution in [3.05, 3.63) is 46.9 Å². The van der Waals surface area contributed by atoms with Crippen LogP contribution >= 0.6 is 11.6 Å². The Morgan fingerprint density at radius 2 is 2.00 bits per heavy atom. The summed E-state index contributed by atoms with van der Waals surface area (Å²) >= 11 is 5.60. The molecule has 0 amide bonds. The molecule has 0 atom stereocenters. The topological polar surface area (TPSA) is 37.8 Å². The normalized spacial score (nSPS) is 10.2. The highest BCUT2D eigenvalue weighted by Crippen LogP contribution is 2.19. The highest BCUT2D eigenvalue weighted by atomic mass is 35.5. The molecule has 16 heavy (non-hydrogen) atoms. The number of nitrogens with one attached hydrogen (secondary N) is 1. The molecule has 0 aliphatic heterocycles. The Morgan fingerprint density at radius 1 is 1.19 bits per heavy atom. The monoisotopic (exact) mass is 237 g/mol. The molecule has 82 valence electrons. The first kappa shape index (κ1) is 10.8. The average Bonchev–Trinajstić information content (AvgIpc) is 2.27. The van der Waals surface area contributed by atoms with Crippen molar-refractivity contribution < 1.29 is 4.39 Å². The molecule has 1 aromatic carbocycles. The van der Waals surface area contributed by atoms with E-state index in [1.807, 2.05) is 6.92 Å². The molecule has 0 aliphatic rings. The number of anilines is 2. The van der Waals surface area contributed by atoms with Crippen molar-refractivity contribution >= 4 is 23.1 Å². The quantitative estimate of drug-likeness (QED) is 0.871. The summed E-state index contributed by atoms with van der Waals surface area (Å²) < 4.78 is 13.4. The number of rotatable bonds is 2. The smallest absolute Gasteiger partial charge is 0.153 e. The Bertz CT molecular complexity index is 499. The van der Waals surface area contributed by atoms with Crippen LogP contribution < -0.4 is 5.32 Å². The Labute approximate surface area is 97.3 Å². The van der Waals surface area contributed by atoms with Gasteiger partial charge in [-0.2, -0.15) is 0 Å². The maximum Gasteiger partial charge on any atom is 0.153 e. The molecule has 1 aromatic heterocycles. The van der Waals surface area contributed by atoms with E-state index < -0.39 is 0 Å². The van der Waals surface area contributed by atoms with Crippen molar-refractivity contribution in [2.24, 2.45) is 0 Å². The Balaban J connectivity index is 2.26. The molecule has 0 radical (unpaired) electrons. The first-order valence-corrected chi connectivity index (χ1v) is 5.05. The van der Waals surface area contributed by atoms with Crippen LogP contribution in [0, 0.1) is 12.7 Å². The minimum Gasteiger partial charge on any atom is -0.336 e. The van der Waals surface area contributed by atoms with Crippen molar-refractivity contribution in [1.29, 1.82) is 0 Å². The molecule has 1 N–H and O–H groups in total. The van der Waals surface area contributed by atoms with Crippen LogP contribution in [0.15, 0.2) is 30.3 Å². The average molecular weight is 238 g/mol. The van der Waals surface area contributed by atoms with Gasteiger partial charge < -0.3 is 5.32 Å². The van der Waals surface area contributed by atoms with Crippen molar-refractivity contribution in [3.63, 3.8) is 0 Å². The second-order valence-electron chi connectivity index (χ2n) is 3.35. The van der Waals surface area contributed by atoms with Crippen molar-refractivity contribution in [2.45, 2.75) is 6.92 Å². The number of hydrogen-bond acceptors (Lipinski definition) is 3. The van der Waals surface area contributed by atoms with Gasteiger partial charge in [0.15, 0.2) is 11.0 Å². The molecule has 2 rings (SSSR count). The third-order valence-electron chi connectivity index (χ3n) is 2.02. The fourth-order valence-corrected chi connectivity index (χ4v) is 1.36. The summed E-state index contributed by atoms with van der Waals surface area (Å²) in [7, 11) is 0. The minimum absolute atomic E-state index is 0.301. The molecule has 0 bridgehead atoms. The Morgan fingerprint density at radius 3 is 2.69 bits per heavy atom. The van der Waals surface area contributed by atoms with E-state index >= 15 is 0 Å². The molecule has 3 nitrogen and oxygen atoms in total. The van der Waals surface area contributed by atoms with Gasteiger partial charge in [0.2, 0.25) is 0 Å². The van der Waals surface area contributed by atoms with E-state index in [2.05, 4.69) is 15.5 Å². The molecule has 0 saturated heterocycles. The van der Waals surface area contributed by atoms with Crippen LogP contribution in [0.3, 0.4) is 0 Å². The van der Waals surface area contributed by atoms with Gasteiger partial charge in [-0.15, -0.1) is 10.2 Å². The van der Waals surface area contributed by atoms with Crippen LogP contribution in [0.1, 0.15) is 5.56 Å². The number of halogens is 2. The SMILES string of the molecule is Cc1ccc(F)c(Nc2ccc(Cl)nn2)c1. The van der Waals surface area contributed by atoms with Crippen LogP contribution in [0.4, 0.5) is 15.9 Å². The van der Waals surface area contributed by atoms with Crippen molar-refractivity contribution in [2.75, 3.05) is 5.32 Å². The van der Waals surface area contributed by atoms with E-state index in [9.17, 15) is 4.39 Å². The summed E-state index contributed by atoms with van der Waals surface area (Å²) in [5, 5.41) is 10.6. The lowest BCUT2D eigenvalue weighted by Crippen LogP contribution is -1.97. The predicted molar refractivity (Wildman–Crippen MR) is 61.5 cm³/mol. The van der Waals surface area contributed by atoms with Gasteiger partial charge in [-0.3, -0.25) is 0 Å². The van der Waals surface area contributed by atoms with Gasteiger partial charge in [0.1, 0.15) is 5.82 Å². The van der Waals surface area contributed by atoms with Gasteiger partial charge >= 0.3 is 0 Å². The number of aromatic nitrogens is 2. The molecule has 0 saturated carbocycles. The van der Waals surface area contributed by atoms with Crippen molar-refractivity contribution in [3.8, 4) is 0 Å². The zero-order valence-electron chi connectivity index (χ0n) is 8.54. The Hall–Kier alpha value is -1.68. The van der Waals surface area contributed by atoms with Gasteiger partial charge in [-0.05, 0) is 36.8 Å². The van der Waals surface area contributed by atoms with Gasteiger partial charge in [-0.1, -0.05) is 17.7 Å². The fourth-order valence-electron chi connectivity index (χ4n) is 1.26. The summed E-state index contributed by atoms with van der Waals surface area (Å²) in [6.45, 7) is 1.89. The van der Waals surface area contributed by atoms with E-state index in [1.54, 1.807) is 24.3 Å². The van der Waals surface area contributed by atoms with Crippen LogP contribution in [0.2, 0.25) is 5.15 Å². The highest BCUT2D eigenvalue weighted by molar-refractivity contribution is 6.29. The minimum atomic E-state index is -0.331. The summed E-state index contributed by atoms with van der Waals surface area (Å²) in [5.74, 6) is 0.122. The standard InChI is InChI=1S/C11H9ClFN3/c1-7-2-3-8(13)9(6-7)14-11-5-4-10(12)15-16-11/h2-6H,1H3,(H,14,16). The predicted octanol–water partition coefficient (Wildman–Crippen LogP) is 3.32. The first-order valence-electron chi connectivity index (χ1n) is 4.67. The maximum absolute atomic E-state index is 13.4. The molecular weight excluding hydrogens is 229 g/mol. The number of benzene rings is 1. The summed E-state index contributed by atoms with van der Waals surface area (Å²) in [4.78, 5) is 0. The molecule has 0 aliphatic carbocycles. The largest absolute Gasteiger partial charge is 0.336 e. The van der Waals surface area contributed by atoms with Gasteiger partial charge in [0.05, 0.1) is 5.69 Å². The van der Waals surface area contributed by atoms with Crippen LogP contribution in [0.25, 0.3) is 0 Å². The second kappa shape index (κ2) is 4.45. The fraction of sp³-hybridized carbons (Fsp3) is 0.0909.